The van der Waals surface area contributed by atoms with E-state index in [4.69, 9.17) is 0 Å². The van der Waals surface area contributed by atoms with Crippen molar-refractivity contribution in [2.45, 2.75) is 116 Å². The highest BCUT2D eigenvalue weighted by atomic mass is 16.5. The first-order chi connectivity index (χ1) is 10.4. The fourth-order valence-corrected chi connectivity index (χ4v) is 2.95. The molecular formula is C19H41NO. The van der Waals surface area contributed by atoms with E-state index in [0.717, 1.165) is 18.4 Å². The minimum atomic E-state index is 0.763. The number of hydroxylamine groups is 1. The summed E-state index contributed by atoms with van der Waals surface area (Å²) >= 11 is 0. The van der Waals surface area contributed by atoms with Gasteiger partial charge in [-0.2, -0.15) is 0 Å². The van der Waals surface area contributed by atoms with Gasteiger partial charge in [0, 0.05) is 0 Å². The lowest BCUT2D eigenvalue weighted by Gasteiger charge is -2.04. The third kappa shape index (κ3) is 19.9. The molecule has 0 aromatic heterocycles. The molecule has 0 rings (SSSR count). The van der Waals surface area contributed by atoms with Crippen LogP contribution in [0.5, 0.6) is 0 Å². The van der Waals surface area contributed by atoms with Crippen molar-refractivity contribution in [1.29, 1.82) is 0 Å². The molecule has 2 heteroatoms. The molecular weight excluding hydrogens is 258 g/mol. The predicted octanol–water partition coefficient (Wildman–Crippen LogP) is 5.70. The Morgan fingerprint density at radius 2 is 0.762 bits per heavy atom. The average molecular weight is 300 g/mol. The second-order valence-corrected chi connectivity index (χ2v) is 6.61. The molecule has 0 amide bonds. The Kier molecular flexibility index (Phi) is 19.8. The molecule has 128 valence electrons. The van der Waals surface area contributed by atoms with Crippen molar-refractivity contribution < 1.29 is 5.48 Å². The van der Waals surface area contributed by atoms with Gasteiger partial charge in [-0.1, -0.05) is 103 Å². The fraction of sp³-hybridized carbons (Fsp3) is 1.00. The molecule has 0 unspecified atom stereocenters. The van der Waals surface area contributed by atoms with Crippen LogP contribution in [0.4, 0.5) is 0 Å². The molecule has 0 aromatic carbocycles. The number of quaternary nitrogens is 1. The molecule has 0 bridgehead atoms. The summed E-state index contributed by atoms with van der Waals surface area (Å²) in [7, 11) is 0. The number of nitrogens with two attached hydrogens (primary N) is 1. The van der Waals surface area contributed by atoms with Gasteiger partial charge in [0.15, 0.2) is 0 Å². The second kappa shape index (κ2) is 19.9. The minimum absolute atomic E-state index is 0.763. The highest BCUT2D eigenvalue weighted by Gasteiger charge is 1.94. The Morgan fingerprint density at radius 1 is 0.476 bits per heavy atom. The van der Waals surface area contributed by atoms with Gasteiger partial charge in [0.1, 0.15) is 0 Å². The molecule has 2 nitrogen and oxygen atoms in total. The maximum Gasteiger partial charge on any atom is 0.0752 e. The normalized spacial score (nSPS) is 11.1. The lowest BCUT2D eigenvalue weighted by atomic mass is 10.0. The Balaban J connectivity index is 2.90. The van der Waals surface area contributed by atoms with Gasteiger partial charge < -0.3 is 10.7 Å². The first kappa shape index (κ1) is 20.9. The van der Waals surface area contributed by atoms with E-state index in [1.54, 1.807) is 0 Å². The molecule has 2 N–H and O–H groups in total. The molecule has 0 saturated heterocycles. The summed E-state index contributed by atoms with van der Waals surface area (Å²) in [4.78, 5) is 0. The van der Waals surface area contributed by atoms with E-state index in [2.05, 4.69) is 6.92 Å². The van der Waals surface area contributed by atoms with E-state index >= 15 is 0 Å². The quantitative estimate of drug-likeness (QED) is 0.256. The van der Waals surface area contributed by atoms with E-state index < -0.39 is 0 Å². The van der Waals surface area contributed by atoms with Gasteiger partial charge in [-0.3, -0.25) is 0 Å². The molecule has 0 atom stereocenters. The van der Waals surface area contributed by atoms with Crippen LogP contribution in [0.1, 0.15) is 116 Å². The fourth-order valence-electron chi connectivity index (χ4n) is 2.95. The zero-order chi connectivity index (χ0) is 15.4. The lowest BCUT2D eigenvalue weighted by Crippen LogP contribution is -2.77. The van der Waals surface area contributed by atoms with E-state index in [0.29, 0.717) is 0 Å². The standard InChI is InChI=1S/C19H41NO/c1-2-3-4-5-6-7-8-9-10-11-12-13-14-15-16-17-18-19-20-21/h2-20H2,1H3. The van der Waals surface area contributed by atoms with Crippen molar-refractivity contribution in [3.8, 4) is 0 Å². The van der Waals surface area contributed by atoms with Crippen LogP contribution in [0.15, 0.2) is 0 Å². The SMILES string of the molecule is CCCCCCCCCCCCCCCCCCC[NH2+][O-]. The summed E-state index contributed by atoms with van der Waals surface area (Å²) in [6.07, 6.45) is 23.7. The van der Waals surface area contributed by atoms with Gasteiger partial charge in [0.2, 0.25) is 0 Å². The Morgan fingerprint density at radius 3 is 1.05 bits per heavy atom. The molecule has 0 aliphatic heterocycles. The van der Waals surface area contributed by atoms with Crippen molar-refractivity contribution in [2.75, 3.05) is 6.54 Å². The van der Waals surface area contributed by atoms with Gasteiger partial charge in [0.25, 0.3) is 0 Å². The maximum atomic E-state index is 10.2. The zero-order valence-corrected chi connectivity index (χ0v) is 14.7. The number of hydrogen-bond donors (Lipinski definition) is 1. The Labute approximate surface area is 134 Å². The van der Waals surface area contributed by atoms with Gasteiger partial charge in [0.05, 0.1) is 6.54 Å². The average Bonchev–Trinajstić information content (AvgIpc) is 2.50. The maximum absolute atomic E-state index is 10.2. The van der Waals surface area contributed by atoms with E-state index in [1.165, 1.54) is 103 Å². The molecule has 0 radical (unpaired) electrons. The zero-order valence-electron chi connectivity index (χ0n) is 14.7. The molecule has 21 heavy (non-hydrogen) atoms. The Bertz CT molecular complexity index is 155. The highest BCUT2D eigenvalue weighted by molar-refractivity contribution is 4.50. The first-order valence-corrected chi connectivity index (χ1v) is 9.85. The summed E-state index contributed by atoms with van der Waals surface area (Å²) < 4.78 is 0. The minimum Gasteiger partial charge on any atom is -0.636 e. The molecule has 0 fully saturated rings. The summed E-state index contributed by atoms with van der Waals surface area (Å²) in [6.45, 7) is 3.05. The summed E-state index contributed by atoms with van der Waals surface area (Å²) in [5.74, 6) is 0. The molecule has 0 heterocycles. The van der Waals surface area contributed by atoms with E-state index in [1.807, 2.05) is 0 Å². The van der Waals surface area contributed by atoms with Gasteiger partial charge >= 0.3 is 0 Å². The van der Waals surface area contributed by atoms with Crippen LogP contribution in [-0.4, -0.2) is 6.54 Å². The van der Waals surface area contributed by atoms with E-state index in [9.17, 15) is 5.21 Å². The third-order valence-corrected chi connectivity index (χ3v) is 4.43. The van der Waals surface area contributed by atoms with Gasteiger partial charge in [-0.05, 0) is 12.8 Å². The van der Waals surface area contributed by atoms with Crippen LogP contribution in [0.25, 0.3) is 0 Å². The molecule has 0 aromatic rings. The number of rotatable bonds is 18. The van der Waals surface area contributed by atoms with E-state index in [-0.39, 0.29) is 0 Å². The summed E-state index contributed by atoms with van der Waals surface area (Å²) in [5.41, 5.74) is 1.05. The molecule has 0 aliphatic rings. The van der Waals surface area contributed by atoms with Gasteiger partial charge in [-0.25, -0.2) is 0 Å². The number of unbranched alkanes of at least 4 members (excludes halogenated alkanes) is 16. The van der Waals surface area contributed by atoms with Crippen LogP contribution < -0.4 is 5.48 Å². The second-order valence-electron chi connectivity index (χ2n) is 6.61. The van der Waals surface area contributed by atoms with Crippen LogP contribution in [0, 0.1) is 5.21 Å². The predicted molar refractivity (Wildman–Crippen MR) is 94.3 cm³/mol. The van der Waals surface area contributed by atoms with Crippen LogP contribution in [0.3, 0.4) is 0 Å². The smallest absolute Gasteiger partial charge is 0.0752 e. The van der Waals surface area contributed by atoms with Crippen LogP contribution in [-0.2, 0) is 0 Å². The van der Waals surface area contributed by atoms with Crippen molar-refractivity contribution in [2.24, 2.45) is 0 Å². The van der Waals surface area contributed by atoms with Crippen LogP contribution in [0.2, 0.25) is 0 Å². The summed E-state index contributed by atoms with van der Waals surface area (Å²) in [5, 5.41) is 10.2. The third-order valence-electron chi connectivity index (χ3n) is 4.43. The molecule has 0 spiro atoms. The monoisotopic (exact) mass is 299 g/mol. The highest BCUT2D eigenvalue weighted by Crippen LogP contribution is 2.13. The Hall–Kier alpha value is -0.0800. The van der Waals surface area contributed by atoms with Crippen molar-refractivity contribution in [3.63, 3.8) is 0 Å². The number of hydrogen-bond acceptors (Lipinski definition) is 1. The van der Waals surface area contributed by atoms with Crippen molar-refractivity contribution in [1.82, 2.24) is 0 Å². The van der Waals surface area contributed by atoms with Gasteiger partial charge in [-0.15, -0.1) is 0 Å². The van der Waals surface area contributed by atoms with Crippen LogP contribution >= 0.6 is 0 Å². The summed E-state index contributed by atoms with van der Waals surface area (Å²) in [6, 6.07) is 0. The lowest BCUT2D eigenvalue weighted by molar-refractivity contribution is -0.589. The molecule has 0 saturated carbocycles. The largest absolute Gasteiger partial charge is 0.636 e. The molecule has 0 aliphatic carbocycles. The first-order valence-electron chi connectivity index (χ1n) is 9.85. The van der Waals surface area contributed by atoms with Crippen molar-refractivity contribution >= 4 is 0 Å². The topological polar surface area (TPSA) is 39.7 Å². The van der Waals surface area contributed by atoms with Crippen molar-refractivity contribution in [3.05, 3.63) is 5.21 Å².